The molecule has 25 heavy (non-hydrogen) atoms. The lowest BCUT2D eigenvalue weighted by atomic mass is 9.87. The van der Waals surface area contributed by atoms with Crippen LogP contribution in [0.1, 0.15) is 87.5 Å². The minimum Gasteiger partial charge on any atom is -0.364 e. The number of carbonyl (C=O) groups is 1. The molecule has 0 spiro atoms. The largest absolute Gasteiger partial charge is 0.364 e. The molecule has 0 amide bonds. The van der Waals surface area contributed by atoms with Crippen LogP contribution in [0.4, 0.5) is 0 Å². The molecule has 2 bridgehead atoms. The molecular weight excluding hydrogens is 316 g/mol. The van der Waals surface area contributed by atoms with E-state index in [4.69, 9.17) is 14.6 Å². The number of fused-ring (bicyclic) bond motifs is 2. The van der Waals surface area contributed by atoms with Gasteiger partial charge in [-0.25, -0.2) is 4.68 Å². The Morgan fingerprint density at radius 3 is 2.88 bits per heavy atom. The number of ether oxygens (including phenoxy) is 2. The van der Waals surface area contributed by atoms with Crippen molar-refractivity contribution >= 4 is 11.9 Å². The van der Waals surface area contributed by atoms with Gasteiger partial charge >= 0.3 is 0 Å². The van der Waals surface area contributed by atoms with Crippen LogP contribution in [0.2, 0.25) is 0 Å². The summed E-state index contributed by atoms with van der Waals surface area (Å²) in [5, 5.41) is 4.79. The van der Waals surface area contributed by atoms with Crippen molar-refractivity contribution in [1.82, 2.24) is 9.78 Å². The predicted molar refractivity (Wildman–Crippen MR) is 95.4 cm³/mol. The van der Waals surface area contributed by atoms with Crippen molar-refractivity contribution in [2.45, 2.75) is 82.6 Å². The standard InChI is InChI=1S/C20H28N2O3/c1-3-19-8-9-20(4-2,25-19)12-15(11-19)18-16(14-23)13-22(21-18)17-7-5-6-10-24-17/h11,13-14,17H,3-10,12H2,1-2H3. The van der Waals surface area contributed by atoms with E-state index in [2.05, 4.69) is 19.9 Å². The van der Waals surface area contributed by atoms with Crippen LogP contribution in [0, 0.1) is 0 Å². The van der Waals surface area contributed by atoms with Gasteiger partial charge in [0.2, 0.25) is 0 Å². The van der Waals surface area contributed by atoms with E-state index in [1.165, 1.54) is 5.57 Å². The molecule has 2 saturated heterocycles. The van der Waals surface area contributed by atoms with E-state index in [1.807, 2.05) is 10.9 Å². The van der Waals surface area contributed by atoms with E-state index in [1.54, 1.807) is 0 Å². The maximum atomic E-state index is 11.7. The Kier molecular flexibility index (Phi) is 4.32. The van der Waals surface area contributed by atoms with Gasteiger partial charge in [-0.3, -0.25) is 4.79 Å². The molecular formula is C20H28N2O3. The van der Waals surface area contributed by atoms with Crippen molar-refractivity contribution < 1.29 is 14.3 Å². The van der Waals surface area contributed by atoms with Gasteiger partial charge in [0.25, 0.3) is 0 Å². The Balaban J connectivity index is 1.71. The molecule has 5 nitrogen and oxygen atoms in total. The van der Waals surface area contributed by atoms with Crippen molar-refractivity contribution in [3.05, 3.63) is 23.5 Å². The molecule has 136 valence electrons. The molecule has 3 atom stereocenters. The van der Waals surface area contributed by atoms with E-state index in [-0.39, 0.29) is 17.4 Å². The molecule has 5 heteroatoms. The van der Waals surface area contributed by atoms with Crippen molar-refractivity contribution in [2.75, 3.05) is 6.61 Å². The molecule has 4 rings (SSSR count). The summed E-state index contributed by atoms with van der Waals surface area (Å²) in [6, 6.07) is 0. The van der Waals surface area contributed by atoms with Crippen LogP contribution in [0.5, 0.6) is 0 Å². The van der Waals surface area contributed by atoms with Crippen molar-refractivity contribution in [3.8, 4) is 0 Å². The fourth-order valence-electron chi connectivity index (χ4n) is 4.61. The minimum atomic E-state index is -0.186. The summed E-state index contributed by atoms with van der Waals surface area (Å²) in [5.41, 5.74) is 2.38. The summed E-state index contributed by atoms with van der Waals surface area (Å²) in [6.45, 7) is 5.15. The first kappa shape index (κ1) is 17.0. The molecule has 0 saturated carbocycles. The van der Waals surface area contributed by atoms with Gasteiger partial charge in [0.1, 0.15) is 6.23 Å². The van der Waals surface area contributed by atoms with E-state index < -0.39 is 0 Å². The molecule has 0 aromatic carbocycles. The van der Waals surface area contributed by atoms with Crippen molar-refractivity contribution in [1.29, 1.82) is 0 Å². The molecule has 3 unspecified atom stereocenters. The van der Waals surface area contributed by atoms with Crippen molar-refractivity contribution in [3.63, 3.8) is 0 Å². The number of aldehydes is 1. The average molecular weight is 344 g/mol. The van der Waals surface area contributed by atoms with Gasteiger partial charge in [-0.2, -0.15) is 5.10 Å². The summed E-state index contributed by atoms with van der Waals surface area (Å²) in [7, 11) is 0. The normalized spacial score (nSPS) is 34.8. The third kappa shape index (κ3) is 2.87. The zero-order chi connectivity index (χ0) is 17.5. The average Bonchev–Trinajstić information content (AvgIpc) is 3.22. The molecule has 3 aliphatic rings. The van der Waals surface area contributed by atoms with Crippen LogP contribution in [-0.2, 0) is 9.47 Å². The van der Waals surface area contributed by atoms with E-state index in [0.717, 1.165) is 70.0 Å². The second kappa shape index (κ2) is 6.36. The number of hydrogen-bond acceptors (Lipinski definition) is 4. The SMILES string of the molecule is CCC12C=C(c3nn(C4CCCCO4)cc3C=O)CC(CC)(CC1)O2. The number of nitrogens with zero attached hydrogens (tertiary/aromatic N) is 2. The highest BCUT2D eigenvalue weighted by atomic mass is 16.5. The lowest BCUT2D eigenvalue weighted by Gasteiger charge is -2.38. The molecule has 0 aliphatic carbocycles. The van der Waals surface area contributed by atoms with E-state index in [9.17, 15) is 4.79 Å². The molecule has 0 radical (unpaired) electrons. The lowest BCUT2D eigenvalue weighted by Crippen LogP contribution is -2.38. The monoisotopic (exact) mass is 344 g/mol. The zero-order valence-electron chi connectivity index (χ0n) is 15.3. The molecule has 3 aliphatic heterocycles. The zero-order valence-corrected chi connectivity index (χ0v) is 15.3. The van der Waals surface area contributed by atoms with Crippen LogP contribution in [0.25, 0.3) is 5.57 Å². The molecule has 1 aromatic heterocycles. The van der Waals surface area contributed by atoms with Gasteiger partial charge < -0.3 is 9.47 Å². The highest BCUT2D eigenvalue weighted by Crippen LogP contribution is 2.52. The number of aromatic nitrogens is 2. The van der Waals surface area contributed by atoms with Crippen LogP contribution in [-0.4, -0.2) is 33.9 Å². The van der Waals surface area contributed by atoms with Crippen LogP contribution in [0.15, 0.2) is 12.3 Å². The van der Waals surface area contributed by atoms with Gasteiger partial charge in [0.05, 0.1) is 22.5 Å². The maximum Gasteiger partial charge on any atom is 0.153 e. The predicted octanol–water partition coefficient (Wildman–Crippen LogP) is 4.29. The van der Waals surface area contributed by atoms with Crippen LogP contribution >= 0.6 is 0 Å². The first-order valence-electron chi connectivity index (χ1n) is 9.71. The van der Waals surface area contributed by atoms with Gasteiger partial charge in [-0.1, -0.05) is 13.8 Å². The smallest absolute Gasteiger partial charge is 0.153 e. The molecule has 1 aromatic rings. The van der Waals surface area contributed by atoms with Crippen LogP contribution < -0.4 is 0 Å². The first-order chi connectivity index (χ1) is 12.1. The fourth-order valence-corrected chi connectivity index (χ4v) is 4.61. The second-order valence-corrected chi connectivity index (χ2v) is 7.76. The maximum absolute atomic E-state index is 11.7. The highest BCUT2D eigenvalue weighted by molar-refractivity contribution is 5.84. The summed E-state index contributed by atoms with van der Waals surface area (Å²) in [6.07, 6.45) is 13.1. The molecule has 4 heterocycles. The summed E-state index contributed by atoms with van der Waals surface area (Å²) < 4.78 is 14.2. The number of hydrogen-bond donors (Lipinski definition) is 0. The van der Waals surface area contributed by atoms with Gasteiger partial charge in [-0.05, 0) is 56.6 Å². The third-order valence-corrected chi connectivity index (χ3v) is 6.26. The first-order valence-corrected chi connectivity index (χ1v) is 9.71. The van der Waals surface area contributed by atoms with Gasteiger partial charge in [-0.15, -0.1) is 0 Å². The van der Waals surface area contributed by atoms with E-state index in [0.29, 0.717) is 5.56 Å². The number of rotatable bonds is 5. The quantitative estimate of drug-likeness (QED) is 0.748. The minimum absolute atomic E-state index is 0.0429. The Morgan fingerprint density at radius 1 is 1.32 bits per heavy atom. The Morgan fingerprint density at radius 2 is 2.20 bits per heavy atom. The Hall–Kier alpha value is -1.46. The summed E-state index contributed by atoms with van der Waals surface area (Å²) in [4.78, 5) is 11.7. The van der Waals surface area contributed by atoms with Crippen molar-refractivity contribution in [2.24, 2.45) is 0 Å². The summed E-state index contributed by atoms with van der Waals surface area (Å²) >= 11 is 0. The van der Waals surface area contributed by atoms with Gasteiger partial charge in [0.15, 0.2) is 6.29 Å². The Labute approximate surface area is 149 Å². The Bertz CT molecular complexity index is 689. The van der Waals surface area contributed by atoms with E-state index >= 15 is 0 Å². The summed E-state index contributed by atoms with van der Waals surface area (Å²) in [5.74, 6) is 0. The lowest BCUT2D eigenvalue weighted by molar-refractivity contribution is -0.0871. The van der Waals surface area contributed by atoms with Crippen LogP contribution in [0.3, 0.4) is 0 Å². The molecule has 2 fully saturated rings. The second-order valence-electron chi connectivity index (χ2n) is 7.76. The fraction of sp³-hybridized carbons (Fsp3) is 0.700. The molecule has 0 N–H and O–H groups in total. The van der Waals surface area contributed by atoms with Gasteiger partial charge in [0, 0.05) is 19.2 Å². The number of carbonyl (C=O) groups excluding carboxylic acids is 1. The topological polar surface area (TPSA) is 53.4 Å². The highest BCUT2D eigenvalue weighted by Gasteiger charge is 2.50. The third-order valence-electron chi connectivity index (χ3n) is 6.26.